The van der Waals surface area contributed by atoms with E-state index in [2.05, 4.69) is 32.3 Å². The smallest absolute Gasteiger partial charge is 0.252 e. The lowest BCUT2D eigenvalue weighted by Crippen LogP contribution is -2.13. The van der Waals surface area contributed by atoms with Crippen LogP contribution in [0.1, 0.15) is 12.0 Å². The molecule has 5 heteroatoms. The van der Waals surface area contributed by atoms with E-state index in [1.54, 1.807) is 13.3 Å². The van der Waals surface area contributed by atoms with Crippen LogP contribution in [0.15, 0.2) is 46.2 Å². The zero-order valence-electron chi connectivity index (χ0n) is 10.9. The Morgan fingerprint density at radius 2 is 2.40 bits per heavy atom. The van der Waals surface area contributed by atoms with Crippen molar-refractivity contribution in [2.45, 2.75) is 6.42 Å². The Hall–Kier alpha value is -1.88. The van der Waals surface area contributed by atoms with Gasteiger partial charge in [0.1, 0.15) is 0 Å². The van der Waals surface area contributed by atoms with Crippen molar-refractivity contribution in [2.24, 2.45) is 5.92 Å². The van der Waals surface area contributed by atoms with Crippen molar-refractivity contribution in [2.75, 3.05) is 7.11 Å². The fraction of sp³-hybridized carbons (Fsp3) is 0.200. The first kappa shape index (κ1) is 13.1. The number of amides is 1. The Bertz CT molecular complexity index is 662. The van der Waals surface area contributed by atoms with E-state index >= 15 is 0 Å². The molecule has 1 aliphatic heterocycles. The Labute approximate surface area is 125 Å². The molecule has 1 fully saturated rings. The molecular formula is C15H13BrN2O2. The SMILES string of the molecule is COc1ncc(Br)cc1C=C1C(=O)NC2=CC=CCC21. The molecule has 1 N–H and O–H groups in total. The molecule has 2 heterocycles. The summed E-state index contributed by atoms with van der Waals surface area (Å²) in [4.78, 5) is 16.3. The molecule has 1 aromatic rings. The summed E-state index contributed by atoms with van der Waals surface area (Å²) in [5, 5.41) is 2.91. The number of hydrogen-bond acceptors (Lipinski definition) is 3. The van der Waals surface area contributed by atoms with Gasteiger partial charge in [-0.2, -0.15) is 0 Å². The summed E-state index contributed by atoms with van der Waals surface area (Å²) >= 11 is 3.39. The molecule has 102 valence electrons. The number of ether oxygens (including phenoxy) is 1. The van der Waals surface area contributed by atoms with Crippen molar-refractivity contribution in [1.29, 1.82) is 0 Å². The highest BCUT2D eigenvalue weighted by Crippen LogP contribution is 2.34. The van der Waals surface area contributed by atoms with E-state index in [-0.39, 0.29) is 11.8 Å². The third-order valence-corrected chi connectivity index (χ3v) is 3.84. The molecule has 20 heavy (non-hydrogen) atoms. The van der Waals surface area contributed by atoms with E-state index in [0.717, 1.165) is 27.7 Å². The Morgan fingerprint density at radius 3 is 3.20 bits per heavy atom. The van der Waals surface area contributed by atoms with Gasteiger partial charge in [-0.3, -0.25) is 4.79 Å². The summed E-state index contributed by atoms with van der Waals surface area (Å²) in [5.41, 5.74) is 2.51. The molecule has 1 atom stereocenters. The van der Waals surface area contributed by atoms with Gasteiger partial charge in [-0.15, -0.1) is 0 Å². The number of pyridine rings is 1. The van der Waals surface area contributed by atoms with Gasteiger partial charge in [0.05, 0.1) is 7.11 Å². The molecule has 1 unspecified atom stereocenters. The number of aromatic nitrogens is 1. The summed E-state index contributed by atoms with van der Waals surface area (Å²) in [6.07, 6.45) is 10.3. The molecule has 1 saturated heterocycles. The lowest BCUT2D eigenvalue weighted by Gasteiger charge is -2.12. The fourth-order valence-corrected chi connectivity index (χ4v) is 2.81. The van der Waals surface area contributed by atoms with Crippen LogP contribution in [0.5, 0.6) is 5.88 Å². The van der Waals surface area contributed by atoms with Crippen molar-refractivity contribution >= 4 is 27.9 Å². The third kappa shape index (κ3) is 2.29. The maximum atomic E-state index is 12.1. The standard InChI is InChI=1S/C15H13BrN2O2/c1-20-15-9(6-10(16)8-17-15)7-12-11-4-2-3-5-13(11)18-14(12)19/h2-3,5-8,11H,4H2,1H3,(H,18,19). The van der Waals surface area contributed by atoms with Crippen molar-refractivity contribution in [3.05, 3.63) is 51.8 Å². The topological polar surface area (TPSA) is 51.2 Å². The summed E-state index contributed by atoms with van der Waals surface area (Å²) in [5.74, 6) is 0.570. The molecule has 0 radical (unpaired) electrons. The Balaban J connectivity index is 2.04. The third-order valence-electron chi connectivity index (χ3n) is 3.40. The summed E-state index contributed by atoms with van der Waals surface area (Å²) < 4.78 is 6.09. The van der Waals surface area contributed by atoms with Gasteiger partial charge in [0.2, 0.25) is 5.88 Å². The minimum atomic E-state index is -0.0491. The van der Waals surface area contributed by atoms with Crippen molar-refractivity contribution in [1.82, 2.24) is 10.3 Å². The molecule has 1 amide bonds. The number of fused-ring (bicyclic) bond motifs is 1. The number of carbonyl (C=O) groups excluding carboxylic acids is 1. The van der Waals surface area contributed by atoms with Crippen LogP contribution in [0.4, 0.5) is 0 Å². The predicted octanol–water partition coefficient (Wildman–Crippen LogP) is 2.83. The minimum Gasteiger partial charge on any atom is -0.481 e. The molecule has 0 spiro atoms. The van der Waals surface area contributed by atoms with Crippen LogP contribution in [-0.2, 0) is 4.79 Å². The first-order valence-corrected chi connectivity index (χ1v) is 7.07. The monoisotopic (exact) mass is 332 g/mol. The second-order valence-corrected chi connectivity index (χ2v) is 5.56. The molecule has 4 nitrogen and oxygen atoms in total. The normalized spacial score (nSPS) is 22.5. The number of rotatable bonds is 2. The van der Waals surface area contributed by atoms with Crippen LogP contribution in [0.2, 0.25) is 0 Å². The van der Waals surface area contributed by atoms with E-state index in [1.807, 2.05) is 24.3 Å². The molecule has 0 aromatic carbocycles. The van der Waals surface area contributed by atoms with Crippen LogP contribution in [-0.4, -0.2) is 18.0 Å². The molecule has 2 aliphatic rings. The van der Waals surface area contributed by atoms with Crippen LogP contribution in [0.25, 0.3) is 6.08 Å². The zero-order valence-corrected chi connectivity index (χ0v) is 12.5. The van der Waals surface area contributed by atoms with Crippen LogP contribution in [0.3, 0.4) is 0 Å². The van der Waals surface area contributed by atoms with Gasteiger partial charge in [0.25, 0.3) is 5.91 Å². The quantitative estimate of drug-likeness (QED) is 0.847. The number of halogens is 1. The molecular weight excluding hydrogens is 320 g/mol. The van der Waals surface area contributed by atoms with E-state index in [9.17, 15) is 4.79 Å². The van der Waals surface area contributed by atoms with Gasteiger partial charge < -0.3 is 10.1 Å². The Kier molecular flexibility index (Phi) is 3.44. The maximum Gasteiger partial charge on any atom is 0.252 e. The highest BCUT2D eigenvalue weighted by Gasteiger charge is 2.32. The molecule has 3 rings (SSSR count). The molecule has 1 aliphatic carbocycles. The zero-order chi connectivity index (χ0) is 14.1. The number of nitrogens with zero attached hydrogens (tertiary/aromatic N) is 1. The number of hydrogen-bond donors (Lipinski definition) is 1. The summed E-state index contributed by atoms with van der Waals surface area (Å²) in [6.45, 7) is 0. The average Bonchev–Trinajstić information content (AvgIpc) is 2.76. The van der Waals surface area contributed by atoms with Gasteiger partial charge in [0, 0.05) is 33.4 Å². The average molecular weight is 333 g/mol. The van der Waals surface area contributed by atoms with Crippen LogP contribution in [0, 0.1) is 5.92 Å². The van der Waals surface area contributed by atoms with E-state index < -0.39 is 0 Å². The fourth-order valence-electron chi connectivity index (χ4n) is 2.46. The van der Waals surface area contributed by atoms with E-state index in [4.69, 9.17) is 4.74 Å². The second-order valence-electron chi connectivity index (χ2n) is 4.64. The van der Waals surface area contributed by atoms with Crippen molar-refractivity contribution < 1.29 is 9.53 Å². The van der Waals surface area contributed by atoms with E-state index in [1.165, 1.54) is 0 Å². The minimum absolute atomic E-state index is 0.0491. The lowest BCUT2D eigenvalue weighted by atomic mass is 9.91. The van der Waals surface area contributed by atoms with Crippen molar-refractivity contribution in [3.63, 3.8) is 0 Å². The summed E-state index contributed by atoms with van der Waals surface area (Å²) in [6, 6.07) is 1.90. The molecule has 0 saturated carbocycles. The largest absolute Gasteiger partial charge is 0.481 e. The predicted molar refractivity (Wildman–Crippen MR) is 79.9 cm³/mol. The van der Waals surface area contributed by atoms with Crippen LogP contribution >= 0.6 is 15.9 Å². The van der Waals surface area contributed by atoms with Crippen molar-refractivity contribution in [3.8, 4) is 5.88 Å². The van der Waals surface area contributed by atoms with Gasteiger partial charge in [-0.05, 0) is 40.6 Å². The number of methoxy groups -OCH3 is 1. The summed E-state index contributed by atoms with van der Waals surface area (Å²) in [7, 11) is 1.57. The van der Waals surface area contributed by atoms with E-state index in [0.29, 0.717) is 5.88 Å². The van der Waals surface area contributed by atoms with Crippen LogP contribution < -0.4 is 10.1 Å². The maximum absolute atomic E-state index is 12.1. The number of nitrogens with one attached hydrogen (secondary N) is 1. The van der Waals surface area contributed by atoms with Gasteiger partial charge in [-0.1, -0.05) is 12.2 Å². The van der Waals surface area contributed by atoms with Gasteiger partial charge >= 0.3 is 0 Å². The van der Waals surface area contributed by atoms with Gasteiger partial charge in [0.15, 0.2) is 0 Å². The highest BCUT2D eigenvalue weighted by atomic mass is 79.9. The molecule has 1 aromatic heterocycles. The lowest BCUT2D eigenvalue weighted by molar-refractivity contribution is -0.115. The highest BCUT2D eigenvalue weighted by molar-refractivity contribution is 9.10. The molecule has 0 bridgehead atoms. The first-order valence-electron chi connectivity index (χ1n) is 6.28. The Morgan fingerprint density at radius 1 is 1.55 bits per heavy atom. The number of carbonyl (C=O) groups is 1. The first-order chi connectivity index (χ1) is 9.69. The number of allylic oxidation sites excluding steroid dienone is 4. The van der Waals surface area contributed by atoms with Gasteiger partial charge in [-0.25, -0.2) is 4.98 Å². The second kappa shape index (κ2) is 5.25.